The van der Waals surface area contributed by atoms with Crippen molar-refractivity contribution in [3.8, 4) is 0 Å². The topological polar surface area (TPSA) is 94.0 Å². The zero-order chi connectivity index (χ0) is 16.3. The fourth-order valence-corrected chi connectivity index (χ4v) is 5.17. The summed E-state index contributed by atoms with van der Waals surface area (Å²) in [5.41, 5.74) is 0. The fraction of sp³-hybridized carbons (Fsp3) is 0.769. The average molecular weight is 346 g/mol. The fourth-order valence-electron chi connectivity index (χ4n) is 2.45. The van der Waals surface area contributed by atoms with Gasteiger partial charge in [-0.2, -0.15) is 0 Å². The van der Waals surface area contributed by atoms with Gasteiger partial charge in [-0.05, 0) is 26.2 Å². The molecule has 124 valence electrons. The van der Waals surface area contributed by atoms with Crippen molar-refractivity contribution in [2.75, 3.05) is 18.1 Å². The lowest BCUT2D eigenvalue weighted by Gasteiger charge is -2.11. The van der Waals surface area contributed by atoms with Gasteiger partial charge in [-0.1, -0.05) is 11.8 Å². The van der Waals surface area contributed by atoms with Gasteiger partial charge in [0.1, 0.15) is 5.82 Å². The minimum atomic E-state index is -2.87. The van der Waals surface area contributed by atoms with E-state index in [1.165, 1.54) is 11.8 Å². The van der Waals surface area contributed by atoms with E-state index < -0.39 is 9.84 Å². The van der Waals surface area contributed by atoms with E-state index in [0.717, 1.165) is 5.82 Å². The summed E-state index contributed by atoms with van der Waals surface area (Å²) in [5, 5.41) is 11.5. The Hall–Kier alpha value is -1.09. The monoisotopic (exact) mass is 346 g/mol. The second-order valence-electron chi connectivity index (χ2n) is 5.59. The molecule has 0 aliphatic carbocycles. The third kappa shape index (κ3) is 4.22. The second-order valence-corrected chi connectivity index (χ2v) is 9.12. The van der Waals surface area contributed by atoms with E-state index in [1.54, 1.807) is 0 Å². The SMILES string of the molecule is CCNC(=O)[C@H](C)Sc1nnc(C[C@@H]2CCS(=O)(=O)C2)n1C. The number of nitrogens with one attached hydrogen (secondary N) is 1. The summed E-state index contributed by atoms with van der Waals surface area (Å²) in [7, 11) is -1.02. The van der Waals surface area contributed by atoms with E-state index in [9.17, 15) is 13.2 Å². The highest BCUT2D eigenvalue weighted by atomic mass is 32.2. The summed E-state index contributed by atoms with van der Waals surface area (Å²) in [6, 6.07) is 0. The molecule has 1 N–H and O–H groups in total. The number of hydrogen-bond donors (Lipinski definition) is 1. The van der Waals surface area contributed by atoms with Crippen LogP contribution in [0.1, 0.15) is 26.1 Å². The maximum absolute atomic E-state index is 11.8. The molecule has 0 aromatic carbocycles. The summed E-state index contributed by atoms with van der Waals surface area (Å²) in [6.07, 6.45) is 1.30. The molecule has 0 unspecified atom stereocenters. The predicted molar refractivity (Wildman–Crippen MR) is 85.5 cm³/mol. The van der Waals surface area contributed by atoms with Crippen molar-refractivity contribution < 1.29 is 13.2 Å². The normalized spacial score (nSPS) is 21.7. The lowest BCUT2D eigenvalue weighted by Crippen LogP contribution is -2.30. The minimum Gasteiger partial charge on any atom is -0.355 e. The van der Waals surface area contributed by atoms with E-state index in [4.69, 9.17) is 0 Å². The van der Waals surface area contributed by atoms with Crippen molar-refractivity contribution in [3.05, 3.63) is 5.82 Å². The first kappa shape index (κ1) is 17.3. The van der Waals surface area contributed by atoms with Crippen molar-refractivity contribution in [2.24, 2.45) is 13.0 Å². The number of hydrogen-bond acceptors (Lipinski definition) is 6. The summed E-state index contributed by atoms with van der Waals surface area (Å²) in [4.78, 5) is 11.8. The van der Waals surface area contributed by atoms with Gasteiger partial charge in [0.05, 0.1) is 16.8 Å². The minimum absolute atomic E-state index is 0.0288. The molecule has 1 fully saturated rings. The van der Waals surface area contributed by atoms with E-state index >= 15 is 0 Å². The third-order valence-corrected chi connectivity index (χ3v) is 6.70. The Bertz CT molecular complexity index is 642. The first-order valence-electron chi connectivity index (χ1n) is 7.35. The number of thioether (sulfide) groups is 1. The van der Waals surface area contributed by atoms with Gasteiger partial charge in [-0.25, -0.2) is 8.42 Å². The highest BCUT2D eigenvalue weighted by molar-refractivity contribution is 8.00. The van der Waals surface area contributed by atoms with Crippen LogP contribution in [0.3, 0.4) is 0 Å². The van der Waals surface area contributed by atoms with Gasteiger partial charge in [0, 0.05) is 20.0 Å². The number of aromatic nitrogens is 3. The molecule has 1 aromatic heterocycles. The molecule has 9 heteroatoms. The zero-order valence-electron chi connectivity index (χ0n) is 13.1. The number of nitrogens with zero attached hydrogens (tertiary/aromatic N) is 3. The predicted octanol–water partition coefficient (Wildman–Crippen LogP) is 0.409. The van der Waals surface area contributed by atoms with Gasteiger partial charge in [-0.15, -0.1) is 10.2 Å². The zero-order valence-corrected chi connectivity index (χ0v) is 14.7. The molecule has 7 nitrogen and oxygen atoms in total. The Morgan fingerprint density at radius 1 is 1.50 bits per heavy atom. The van der Waals surface area contributed by atoms with Crippen LogP contribution in [0.2, 0.25) is 0 Å². The van der Waals surface area contributed by atoms with E-state index in [2.05, 4.69) is 15.5 Å². The maximum Gasteiger partial charge on any atom is 0.233 e. The second kappa shape index (κ2) is 6.99. The van der Waals surface area contributed by atoms with Gasteiger partial charge >= 0.3 is 0 Å². The highest BCUT2D eigenvalue weighted by Crippen LogP contribution is 2.25. The van der Waals surface area contributed by atoms with Gasteiger partial charge < -0.3 is 9.88 Å². The lowest BCUT2D eigenvalue weighted by atomic mass is 10.1. The Balaban J connectivity index is 1.99. The van der Waals surface area contributed by atoms with Crippen LogP contribution in [-0.4, -0.2) is 52.4 Å². The molecular weight excluding hydrogens is 324 g/mol. The highest BCUT2D eigenvalue weighted by Gasteiger charge is 2.29. The third-order valence-electron chi connectivity index (χ3n) is 3.73. The quantitative estimate of drug-likeness (QED) is 0.750. The molecule has 2 rings (SSSR count). The van der Waals surface area contributed by atoms with Crippen LogP contribution in [0, 0.1) is 5.92 Å². The standard InChI is InChI=1S/C13H22N4O3S2/c1-4-14-12(18)9(2)21-13-16-15-11(17(13)3)7-10-5-6-22(19,20)8-10/h9-10H,4-8H2,1-3H3,(H,14,18)/t9-,10-/m0/s1. The molecule has 0 bridgehead atoms. The molecule has 1 saturated heterocycles. The number of rotatable bonds is 6. The summed E-state index contributed by atoms with van der Waals surface area (Å²) in [6.45, 7) is 4.31. The smallest absolute Gasteiger partial charge is 0.233 e. The molecular formula is C13H22N4O3S2. The molecule has 0 radical (unpaired) electrons. The Morgan fingerprint density at radius 2 is 2.23 bits per heavy atom. The Kier molecular flexibility index (Phi) is 5.49. The summed E-state index contributed by atoms with van der Waals surface area (Å²) < 4.78 is 24.9. The van der Waals surface area contributed by atoms with Crippen molar-refractivity contribution in [3.63, 3.8) is 0 Å². The molecule has 1 amide bonds. The van der Waals surface area contributed by atoms with Crippen LogP contribution in [-0.2, 0) is 28.1 Å². The molecule has 1 aliphatic heterocycles. The summed E-state index contributed by atoms with van der Waals surface area (Å²) >= 11 is 1.36. The van der Waals surface area contributed by atoms with Crippen LogP contribution in [0.25, 0.3) is 0 Å². The molecule has 2 heterocycles. The van der Waals surface area contributed by atoms with Crippen LogP contribution >= 0.6 is 11.8 Å². The Morgan fingerprint density at radius 3 is 2.82 bits per heavy atom. The van der Waals surface area contributed by atoms with Crippen LogP contribution in [0.5, 0.6) is 0 Å². The first-order valence-corrected chi connectivity index (χ1v) is 10.1. The molecule has 0 saturated carbocycles. The summed E-state index contributed by atoms with van der Waals surface area (Å²) in [5.74, 6) is 1.36. The number of amides is 1. The molecule has 0 spiro atoms. The van der Waals surface area contributed by atoms with Gasteiger partial charge in [0.2, 0.25) is 5.91 Å². The van der Waals surface area contributed by atoms with Crippen LogP contribution < -0.4 is 5.32 Å². The van der Waals surface area contributed by atoms with E-state index in [-0.39, 0.29) is 28.6 Å². The molecule has 1 aliphatic rings. The van der Waals surface area contributed by atoms with Crippen LogP contribution in [0.4, 0.5) is 0 Å². The number of carbonyl (C=O) groups excluding carboxylic acids is 1. The average Bonchev–Trinajstić information content (AvgIpc) is 2.95. The molecule has 22 heavy (non-hydrogen) atoms. The van der Waals surface area contributed by atoms with E-state index in [0.29, 0.717) is 24.5 Å². The van der Waals surface area contributed by atoms with Crippen molar-refractivity contribution in [2.45, 2.75) is 37.1 Å². The van der Waals surface area contributed by atoms with Gasteiger partial charge in [0.25, 0.3) is 0 Å². The molecule has 1 aromatic rings. The number of carbonyl (C=O) groups is 1. The van der Waals surface area contributed by atoms with Crippen molar-refractivity contribution in [1.82, 2.24) is 20.1 Å². The van der Waals surface area contributed by atoms with Gasteiger partial charge in [0.15, 0.2) is 15.0 Å². The first-order chi connectivity index (χ1) is 10.3. The van der Waals surface area contributed by atoms with Gasteiger partial charge in [-0.3, -0.25) is 4.79 Å². The van der Waals surface area contributed by atoms with Crippen molar-refractivity contribution in [1.29, 1.82) is 0 Å². The lowest BCUT2D eigenvalue weighted by molar-refractivity contribution is -0.120. The maximum atomic E-state index is 11.8. The van der Waals surface area contributed by atoms with Crippen LogP contribution in [0.15, 0.2) is 5.16 Å². The largest absolute Gasteiger partial charge is 0.355 e. The number of sulfone groups is 1. The Labute approximate surface area is 135 Å². The molecule has 2 atom stereocenters. The van der Waals surface area contributed by atoms with E-state index in [1.807, 2.05) is 25.5 Å². The van der Waals surface area contributed by atoms with Crippen molar-refractivity contribution >= 4 is 27.5 Å².